The highest BCUT2D eigenvalue weighted by atomic mass is 79.9. The lowest BCUT2D eigenvalue weighted by Gasteiger charge is -2.13. The van der Waals surface area contributed by atoms with Crippen LogP contribution in [0.3, 0.4) is 0 Å². The molecule has 0 aliphatic carbocycles. The summed E-state index contributed by atoms with van der Waals surface area (Å²) in [7, 11) is 2.89. The Morgan fingerprint density at radius 3 is 2.56 bits per heavy atom. The molecular weight excluding hydrogens is 431 g/mol. The molecule has 0 radical (unpaired) electrons. The Morgan fingerprint density at radius 2 is 1.89 bits per heavy atom. The maximum absolute atomic E-state index is 13.0. The number of nitrogens with zero attached hydrogens (tertiary/aromatic N) is 4. The summed E-state index contributed by atoms with van der Waals surface area (Å²) < 4.78 is 42.7. The highest BCUT2D eigenvalue weighted by molar-refractivity contribution is 9.10. The van der Waals surface area contributed by atoms with Gasteiger partial charge in [0.15, 0.2) is 11.2 Å². The first-order chi connectivity index (χ1) is 12.6. The quantitative estimate of drug-likeness (QED) is 0.668. The average Bonchev–Trinajstić information content (AvgIpc) is 3.02. The highest BCUT2D eigenvalue weighted by Gasteiger charge is 2.33. The number of hydrogen-bond acceptors (Lipinski definition) is 4. The molecule has 27 heavy (non-hydrogen) atoms. The van der Waals surface area contributed by atoms with Crippen LogP contribution in [0, 0.1) is 0 Å². The topological polar surface area (TPSA) is 73.8 Å². The van der Waals surface area contributed by atoms with Gasteiger partial charge in [0.25, 0.3) is 5.56 Å². The number of alkyl halides is 3. The van der Waals surface area contributed by atoms with Gasteiger partial charge in [-0.25, -0.2) is 9.78 Å². The number of anilines is 1. The van der Waals surface area contributed by atoms with Crippen molar-refractivity contribution in [3.8, 4) is 0 Å². The average molecular weight is 446 g/mol. The molecule has 0 aliphatic rings. The molecule has 0 saturated carbocycles. The first kappa shape index (κ1) is 19.2. The molecule has 1 N–H and O–H groups in total. The molecule has 0 unspecified atom stereocenters. The van der Waals surface area contributed by atoms with Gasteiger partial charge in [0.05, 0.1) is 11.9 Å². The predicted octanol–water partition coefficient (Wildman–Crippen LogP) is 2.33. The lowest BCUT2D eigenvalue weighted by Crippen LogP contribution is -2.37. The maximum Gasteiger partial charge on any atom is 0.417 e. The second-order valence-corrected chi connectivity index (χ2v) is 6.79. The molecule has 0 saturated heterocycles. The molecular formula is C16H15BrF3N5O2. The van der Waals surface area contributed by atoms with Crippen molar-refractivity contribution < 1.29 is 13.2 Å². The summed E-state index contributed by atoms with van der Waals surface area (Å²) in [5.74, 6) is 0. The van der Waals surface area contributed by atoms with Crippen LogP contribution in [0.4, 0.5) is 18.9 Å². The van der Waals surface area contributed by atoms with E-state index in [9.17, 15) is 22.8 Å². The van der Waals surface area contributed by atoms with E-state index >= 15 is 0 Å². The van der Waals surface area contributed by atoms with E-state index < -0.39 is 23.0 Å². The number of halogens is 4. The minimum absolute atomic E-state index is 0.0365. The molecule has 0 amide bonds. The van der Waals surface area contributed by atoms with Gasteiger partial charge in [-0.15, -0.1) is 0 Å². The molecule has 2 aromatic heterocycles. The predicted molar refractivity (Wildman–Crippen MR) is 97.8 cm³/mol. The van der Waals surface area contributed by atoms with Crippen LogP contribution in [0.25, 0.3) is 11.2 Å². The van der Waals surface area contributed by atoms with E-state index in [1.807, 2.05) is 0 Å². The molecule has 144 valence electrons. The van der Waals surface area contributed by atoms with Crippen LogP contribution < -0.4 is 16.6 Å². The Labute approximate surface area is 159 Å². The van der Waals surface area contributed by atoms with Crippen molar-refractivity contribution in [2.75, 3.05) is 11.9 Å². The Bertz CT molecular complexity index is 1130. The summed E-state index contributed by atoms with van der Waals surface area (Å²) >= 11 is 2.90. The fourth-order valence-electron chi connectivity index (χ4n) is 2.74. The molecule has 3 rings (SSSR count). The first-order valence-corrected chi connectivity index (χ1v) is 8.62. The number of aromatic nitrogens is 4. The van der Waals surface area contributed by atoms with Crippen molar-refractivity contribution in [3.05, 3.63) is 55.4 Å². The van der Waals surface area contributed by atoms with Crippen molar-refractivity contribution in [3.63, 3.8) is 0 Å². The number of imidazole rings is 1. The smallest absolute Gasteiger partial charge is 0.383 e. The number of rotatable bonds is 4. The normalized spacial score (nSPS) is 11.9. The minimum atomic E-state index is -4.46. The third-order valence-electron chi connectivity index (χ3n) is 4.17. The van der Waals surface area contributed by atoms with E-state index in [0.29, 0.717) is 5.69 Å². The van der Waals surface area contributed by atoms with Crippen molar-refractivity contribution in [2.24, 2.45) is 14.1 Å². The van der Waals surface area contributed by atoms with Crippen LogP contribution in [0.2, 0.25) is 0 Å². The van der Waals surface area contributed by atoms with Crippen molar-refractivity contribution in [1.82, 2.24) is 18.7 Å². The van der Waals surface area contributed by atoms with E-state index in [2.05, 4.69) is 26.2 Å². The third kappa shape index (κ3) is 3.51. The number of fused-ring (bicyclic) bond motifs is 1. The van der Waals surface area contributed by atoms with Crippen molar-refractivity contribution in [2.45, 2.75) is 12.7 Å². The summed E-state index contributed by atoms with van der Waals surface area (Å²) in [6.07, 6.45) is -3.04. The molecule has 0 fully saturated rings. The Kier molecular flexibility index (Phi) is 4.89. The van der Waals surface area contributed by atoms with Crippen LogP contribution in [0.15, 0.2) is 38.6 Å². The molecule has 3 aromatic rings. The Morgan fingerprint density at radius 1 is 1.19 bits per heavy atom. The molecule has 7 nitrogen and oxygen atoms in total. The largest absolute Gasteiger partial charge is 0.417 e. The van der Waals surface area contributed by atoms with Crippen LogP contribution in [-0.4, -0.2) is 25.2 Å². The summed E-state index contributed by atoms with van der Waals surface area (Å²) in [6, 6.07) is 3.86. The first-order valence-electron chi connectivity index (χ1n) is 7.82. The van der Waals surface area contributed by atoms with Gasteiger partial charge in [0.1, 0.15) is 0 Å². The van der Waals surface area contributed by atoms with Crippen LogP contribution in [0.5, 0.6) is 0 Å². The number of benzene rings is 1. The fourth-order valence-corrected chi connectivity index (χ4v) is 3.21. The molecule has 1 aromatic carbocycles. The zero-order valence-corrected chi connectivity index (χ0v) is 15.9. The third-order valence-corrected chi connectivity index (χ3v) is 4.86. The minimum Gasteiger partial charge on any atom is -0.383 e. The molecule has 0 spiro atoms. The fraction of sp³-hybridized carbons (Fsp3) is 0.312. The lowest BCUT2D eigenvalue weighted by molar-refractivity contribution is -0.138. The molecule has 0 aliphatic heterocycles. The summed E-state index contributed by atoms with van der Waals surface area (Å²) in [5, 5.41) is 2.90. The molecule has 2 heterocycles. The zero-order valence-electron chi connectivity index (χ0n) is 14.3. The van der Waals surface area contributed by atoms with Gasteiger partial charge >= 0.3 is 11.9 Å². The number of aryl methyl sites for hydroxylation is 1. The monoisotopic (exact) mass is 445 g/mol. The maximum atomic E-state index is 13.0. The van der Waals surface area contributed by atoms with Crippen LogP contribution in [0.1, 0.15) is 5.56 Å². The van der Waals surface area contributed by atoms with Gasteiger partial charge < -0.3 is 9.88 Å². The van der Waals surface area contributed by atoms with E-state index in [-0.39, 0.29) is 28.7 Å². The van der Waals surface area contributed by atoms with Crippen molar-refractivity contribution >= 4 is 32.8 Å². The lowest BCUT2D eigenvalue weighted by atomic mass is 10.2. The molecule has 11 heteroatoms. The van der Waals surface area contributed by atoms with Gasteiger partial charge in [0.2, 0.25) is 0 Å². The number of nitrogens with one attached hydrogen (secondary N) is 1. The van der Waals surface area contributed by atoms with Crippen LogP contribution in [-0.2, 0) is 26.8 Å². The van der Waals surface area contributed by atoms with Gasteiger partial charge in [-0.1, -0.05) is 15.9 Å². The number of hydrogen-bond donors (Lipinski definition) is 1. The van der Waals surface area contributed by atoms with E-state index in [0.717, 1.165) is 10.6 Å². The molecule has 0 atom stereocenters. The second-order valence-electron chi connectivity index (χ2n) is 5.94. The summed E-state index contributed by atoms with van der Waals surface area (Å²) in [5.41, 5.74) is -0.919. The Balaban J connectivity index is 1.83. The van der Waals surface area contributed by atoms with Gasteiger partial charge in [0, 0.05) is 37.3 Å². The van der Waals surface area contributed by atoms with Crippen LogP contribution >= 0.6 is 15.9 Å². The van der Waals surface area contributed by atoms with Gasteiger partial charge in [-0.05, 0) is 18.2 Å². The van der Waals surface area contributed by atoms with Gasteiger partial charge in [-0.3, -0.25) is 13.9 Å². The van der Waals surface area contributed by atoms with E-state index in [4.69, 9.17) is 0 Å². The van der Waals surface area contributed by atoms with Gasteiger partial charge in [-0.2, -0.15) is 13.2 Å². The standard InChI is InChI=1S/C16H15BrF3N5O2/c1-23-13-12(14(26)24(2)15(23)27)25(8-22-13)6-5-21-9-3-4-11(17)10(7-9)16(18,19)20/h3-4,7-8,21H,5-6H2,1-2H3. The Hall–Kier alpha value is -2.56. The highest BCUT2D eigenvalue weighted by Crippen LogP contribution is 2.36. The summed E-state index contributed by atoms with van der Waals surface area (Å²) in [4.78, 5) is 28.4. The molecule has 0 bridgehead atoms. The zero-order chi connectivity index (χ0) is 19.9. The second kappa shape index (κ2) is 6.87. The SMILES string of the molecule is Cn1c(=O)c2c(ncn2CCNc2ccc(Br)c(C(F)(F)F)c2)n(C)c1=O. The van der Waals surface area contributed by atoms with E-state index in [1.165, 1.54) is 37.1 Å². The summed E-state index contributed by atoms with van der Waals surface area (Å²) in [6.45, 7) is 0.539. The van der Waals surface area contributed by atoms with Crippen molar-refractivity contribution in [1.29, 1.82) is 0 Å². The van der Waals surface area contributed by atoms with E-state index in [1.54, 1.807) is 4.57 Å².